The van der Waals surface area contributed by atoms with Crippen LogP contribution >= 0.6 is 0 Å². The smallest absolute Gasteiger partial charge is 0.294 e. The third-order valence-electron chi connectivity index (χ3n) is 4.55. The number of carbonyl (C=O) groups is 2. The van der Waals surface area contributed by atoms with Crippen LogP contribution < -0.4 is 9.64 Å². The lowest BCUT2D eigenvalue weighted by molar-refractivity contribution is -0.119. The van der Waals surface area contributed by atoms with E-state index in [9.17, 15) is 19.1 Å². The fourth-order valence-electron chi connectivity index (χ4n) is 3.17. The van der Waals surface area contributed by atoms with E-state index < -0.39 is 35.2 Å². The van der Waals surface area contributed by atoms with Crippen molar-refractivity contribution in [1.29, 1.82) is 0 Å². The van der Waals surface area contributed by atoms with Gasteiger partial charge in [-0.2, -0.15) is 0 Å². The average Bonchev–Trinajstić information content (AvgIpc) is 2.92. The van der Waals surface area contributed by atoms with Crippen LogP contribution in [-0.2, 0) is 9.59 Å². The molecule has 5 nitrogen and oxygen atoms in total. The van der Waals surface area contributed by atoms with E-state index >= 15 is 0 Å². The molecule has 3 rings (SSSR count). The Bertz CT molecular complexity index is 918. The van der Waals surface area contributed by atoms with Gasteiger partial charge in [-0.05, 0) is 30.3 Å². The van der Waals surface area contributed by atoms with Crippen molar-refractivity contribution in [3.8, 4) is 5.75 Å². The highest BCUT2D eigenvalue weighted by Crippen LogP contribution is 2.42. The van der Waals surface area contributed by atoms with Gasteiger partial charge in [-0.3, -0.25) is 14.5 Å². The van der Waals surface area contributed by atoms with Crippen LogP contribution in [0.5, 0.6) is 5.75 Å². The summed E-state index contributed by atoms with van der Waals surface area (Å²) in [7, 11) is 1.52. The van der Waals surface area contributed by atoms with Crippen LogP contribution in [0.1, 0.15) is 25.5 Å². The van der Waals surface area contributed by atoms with Gasteiger partial charge in [0.05, 0.1) is 18.7 Å². The van der Waals surface area contributed by atoms with E-state index in [1.165, 1.54) is 30.2 Å². The number of Topliss-reactive ketones (excluding diaryl/α,β-unsaturated/α-hetero) is 1. The molecule has 1 aliphatic rings. The topological polar surface area (TPSA) is 66.8 Å². The van der Waals surface area contributed by atoms with Crippen molar-refractivity contribution in [3.05, 3.63) is 71.2 Å². The molecule has 140 valence electrons. The number of anilines is 1. The van der Waals surface area contributed by atoms with Gasteiger partial charge < -0.3 is 9.84 Å². The van der Waals surface area contributed by atoms with Crippen LogP contribution in [-0.4, -0.2) is 23.9 Å². The van der Waals surface area contributed by atoms with Crippen LogP contribution in [0, 0.1) is 11.7 Å². The molecule has 0 saturated heterocycles. The number of nitrogens with zero attached hydrogens (tertiary/aromatic N) is 1. The first-order valence-corrected chi connectivity index (χ1v) is 8.56. The van der Waals surface area contributed by atoms with Crippen LogP contribution in [0.2, 0.25) is 0 Å². The normalized spacial score (nSPS) is 17.0. The largest absolute Gasteiger partial charge is 0.503 e. The number of hydrogen-bond donors (Lipinski definition) is 1. The van der Waals surface area contributed by atoms with E-state index in [4.69, 9.17) is 4.74 Å². The first kappa shape index (κ1) is 18.6. The van der Waals surface area contributed by atoms with Crippen LogP contribution in [0.25, 0.3) is 0 Å². The molecule has 0 saturated carbocycles. The predicted molar refractivity (Wildman–Crippen MR) is 99.1 cm³/mol. The maximum atomic E-state index is 14.6. The van der Waals surface area contributed by atoms with Crippen molar-refractivity contribution in [2.45, 2.75) is 19.9 Å². The molecule has 0 fully saturated rings. The molecule has 2 aromatic rings. The lowest BCUT2D eigenvalue weighted by Crippen LogP contribution is -2.32. The number of amides is 1. The van der Waals surface area contributed by atoms with Crippen LogP contribution in [0.15, 0.2) is 59.9 Å². The molecule has 27 heavy (non-hydrogen) atoms. The summed E-state index contributed by atoms with van der Waals surface area (Å²) in [6, 6.07) is 11.4. The Balaban J connectivity index is 2.19. The SMILES string of the molecule is COc1ccc(N2C(=O)C(O)=C(C(=O)C(C)C)C2c2ccccc2F)cc1. The first-order chi connectivity index (χ1) is 12.9. The molecule has 0 aromatic heterocycles. The molecule has 0 aliphatic carbocycles. The van der Waals surface area contributed by atoms with Gasteiger partial charge >= 0.3 is 0 Å². The first-order valence-electron chi connectivity index (χ1n) is 8.56. The predicted octanol–water partition coefficient (Wildman–Crippen LogP) is 3.96. The Kier molecular flexibility index (Phi) is 4.99. The van der Waals surface area contributed by atoms with Crippen molar-refractivity contribution >= 4 is 17.4 Å². The Hall–Kier alpha value is -3.15. The number of methoxy groups -OCH3 is 1. The van der Waals surface area contributed by atoms with Crippen LogP contribution in [0.4, 0.5) is 10.1 Å². The monoisotopic (exact) mass is 369 g/mol. The van der Waals surface area contributed by atoms with Gasteiger partial charge in [0, 0.05) is 17.2 Å². The average molecular weight is 369 g/mol. The standard InChI is InChI=1S/C21H20FNO4/c1-12(2)19(24)17-18(15-6-4-5-7-16(15)22)23(21(26)20(17)25)13-8-10-14(27-3)11-9-13/h4-12,18,25H,1-3H3. The molecule has 1 atom stereocenters. The zero-order chi connectivity index (χ0) is 19.7. The number of aliphatic hydroxyl groups is 1. The number of halogens is 1. The molecule has 1 N–H and O–H groups in total. The van der Waals surface area contributed by atoms with Crippen molar-refractivity contribution in [1.82, 2.24) is 0 Å². The minimum absolute atomic E-state index is 0.0871. The summed E-state index contributed by atoms with van der Waals surface area (Å²) in [5.74, 6) is -2.21. The van der Waals surface area contributed by atoms with Crippen LogP contribution in [0.3, 0.4) is 0 Å². The van der Waals surface area contributed by atoms with E-state index in [-0.39, 0.29) is 11.1 Å². The number of hydrogen-bond acceptors (Lipinski definition) is 4. The van der Waals surface area contributed by atoms with Crippen molar-refractivity contribution in [2.24, 2.45) is 5.92 Å². The van der Waals surface area contributed by atoms with Gasteiger partial charge in [0.25, 0.3) is 5.91 Å². The number of benzene rings is 2. The fourth-order valence-corrected chi connectivity index (χ4v) is 3.17. The molecule has 0 spiro atoms. The summed E-state index contributed by atoms with van der Waals surface area (Å²) in [6.07, 6.45) is 0. The molecule has 1 heterocycles. The van der Waals surface area contributed by atoms with Crippen molar-refractivity contribution < 1.29 is 23.8 Å². The molecule has 6 heteroatoms. The van der Waals surface area contributed by atoms with Crippen molar-refractivity contribution in [3.63, 3.8) is 0 Å². The Morgan fingerprint density at radius 3 is 2.33 bits per heavy atom. The van der Waals surface area contributed by atoms with Crippen molar-refractivity contribution in [2.75, 3.05) is 12.0 Å². The van der Waals surface area contributed by atoms with E-state index in [0.29, 0.717) is 11.4 Å². The second-order valence-electron chi connectivity index (χ2n) is 6.58. The number of rotatable bonds is 5. The Labute approximate surface area is 156 Å². The number of aliphatic hydroxyl groups excluding tert-OH is 1. The van der Waals surface area contributed by atoms with E-state index in [1.54, 1.807) is 44.2 Å². The Morgan fingerprint density at radius 2 is 1.78 bits per heavy atom. The van der Waals surface area contributed by atoms with Gasteiger partial charge in [-0.1, -0.05) is 32.0 Å². The summed E-state index contributed by atoms with van der Waals surface area (Å²) in [4.78, 5) is 26.8. The zero-order valence-electron chi connectivity index (χ0n) is 15.3. The second-order valence-corrected chi connectivity index (χ2v) is 6.58. The molecular weight excluding hydrogens is 349 g/mol. The summed E-state index contributed by atoms with van der Waals surface area (Å²) < 4.78 is 19.7. The summed E-state index contributed by atoms with van der Waals surface area (Å²) in [5.41, 5.74) is 0.484. The third kappa shape index (κ3) is 3.18. The maximum absolute atomic E-state index is 14.6. The second kappa shape index (κ2) is 7.23. The fraction of sp³-hybridized carbons (Fsp3) is 0.238. The van der Waals surface area contributed by atoms with Gasteiger partial charge in [-0.15, -0.1) is 0 Å². The van der Waals surface area contributed by atoms with E-state index in [0.717, 1.165) is 0 Å². The number of ketones is 1. The molecule has 1 amide bonds. The molecular formula is C21H20FNO4. The third-order valence-corrected chi connectivity index (χ3v) is 4.55. The highest BCUT2D eigenvalue weighted by Gasteiger charge is 2.45. The van der Waals surface area contributed by atoms with Gasteiger partial charge in [0.1, 0.15) is 11.6 Å². The minimum Gasteiger partial charge on any atom is -0.503 e. The summed E-state index contributed by atoms with van der Waals surface area (Å²) in [5, 5.41) is 10.5. The van der Waals surface area contributed by atoms with E-state index in [1.807, 2.05) is 0 Å². The number of ether oxygens (including phenoxy) is 1. The lowest BCUT2D eigenvalue weighted by Gasteiger charge is -2.27. The zero-order valence-corrected chi connectivity index (χ0v) is 15.3. The molecule has 2 aromatic carbocycles. The minimum atomic E-state index is -1.04. The maximum Gasteiger partial charge on any atom is 0.294 e. The molecule has 1 aliphatic heterocycles. The molecule has 0 bridgehead atoms. The van der Waals surface area contributed by atoms with Gasteiger partial charge in [-0.25, -0.2) is 4.39 Å². The quantitative estimate of drug-likeness (QED) is 0.866. The highest BCUT2D eigenvalue weighted by molar-refractivity contribution is 6.16. The van der Waals surface area contributed by atoms with Gasteiger partial charge in [0.15, 0.2) is 11.5 Å². The number of carbonyl (C=O) groups excluding carboxylic acids is 2. The summed E-state index contributed by atoms with van der Waals surface area (Å²) in [6.45, 7) is 3.34. The van der Waals surface area contributed by atoms with Gasteiger partial charge in [0.2, 0.25) is 0 Å². The Morgan fingerprint density at radius 1 is 1.15 bits per heavy atom. The lowest BCUT2D eigenvalue weighted by atomic mass is 9.91. The summed E-state index contributed by atoms with van der Waals surface area (Å²) >= 11 is 0. The molecule has 1 unspecified atom stereocenters. The highest BCUT2D eigenvalue weighted by atomic mass is 19.1. The molecule has 0 radical (unpaired) electrons. The van der Waals surface area contributed by atoms with E-state index in [2.05, 4.69) is 0 Å².